The molecule has 1 N–H and O–H groups in total. The number of alkyl halides is 3. The minimum absolute atomic E-state index is 0.0102. The molecule has 0 bridgehead atoms. The quantitative estimate of drug-likeness (QED) is 0.369. The van der Waals surface area contributed by atoms with Crippen LogP contribution in [-0.4, -0.2) is 30.4 Å². The van der Waals surface area contributed by atoms with Gasteiger partial charge in [-0.2, -0.15) is 18.2 Å². The maximum absolute atomic E-state index is 13.8. The van der Waals surface area contributed by atoms with E-state index in [0.29, 0.717) is 22.7 Å². The zero-order valence-corrected chi connectivity index (χ0v) is 19.5. The van der Waals surface area contributed by atoms with Gasteiger partial charge in [-0.3, -0.25) is 18.5 Å². The van der Waals surface area contributed by atoms with Gasteiger partial charge >= 0.3 is 17.9 Å². The van der Waals surface area contributed by atoms with Crippen molar-refractivity contribution in [1.29, 1.82) is 0 Å². The summed E-state index contributed by atoms with van der Waals surface area (Å²) in [6.45, 7) is -0.324. The molecule has 4 aromatic rings. The summed E-state index contributed by atoms with van der Waals surface area (Å²) < 4.78 is 62.3. The molecular weight excluding hydrogens is 508 g/mol. The lowest BCUT2D eigenvalue weighted by atomic mass is 10.2. The molecule has 0 aliphatic rings. The minimum atomic E-state index is -4.96. The predicted octanol–water partition coefficient (Wildman–Crippen LogP) is 3.93. The molecule has 2 aromatic carbocycles. The maximum atomic E-state index is 13.8. The minimum Gasteiger partial charge on any atom is -0.425 e. The molecule has 2 aromatic heterocycles. The molecule has 0 saturated heterocycles. The van der Waals surface area contributed by atoms with E-state index in [2.05, 4.69) is 4.98 Å². The van der Waals surface area contributed by atoms with Crippen molar-refractivity contribution in [2.75, 3.05) is 6.61 Å². The Labute approximate surface area is 205 Å². The molecule has 0 spiro atoms. The van der Waals surface area contributed by atoms with Gasteiger partial charge in [0.15, 0.2) is 11.2 Å². The number of aliphatic hydroxyl groups excluding tert-OH is 1. The van der Waals surface area contributed by atoms with Crippen LogP contribution in [0.5, 0.6) is 11.8 Å². The number of ether oxygens (including phenoxy) is 1. The molecular formula is C23H19ClF4N4O4. The van der Waals surface area contributed by atoms with Crippen molar-refractivity contribution in [3.8, 4) is 11.8 Å². The van der Waals surface area contributed by atoms with Crippen LogP contribution in [0.1, 0.15) is 17.5 Å². The van der Waals surface area contributed by atoms with Gasteiger partial charge in [0.25, 0.3) is 5.56 Å². The second-order valence-electron chi connectivity index (χ2n) is 7.90. The van der Waals surface area contributed by atoms with E-state index in [-0.39, 0.29) is 49.0 Å². The molecule has 0 radical (unpaired) electrons. The Hall–Kier alpha value is -3.64. The molecule has 0 saturated carbocycles. The van der Waals surface area contributed by atoms with Gasteiger partial charge in [-0.25, -0.2) is 9.18 Å². The second-order valence-corrected chi connectivity index (χ2v) is 8.33. The van der Waals surface area contributed by atoms with Crippen molar-refractivity contribution in [3.05, 3.63) is 85.3 Å². The fourth-order valence-electron chi connectivity index (χ4n) is 3.67. The summed E-state index contributed by atoms with van der Waals surface area (Å²) in [6, 6.07) is 8.37. The van der Waals surface area contributed by atoms with Crippen LogP contribution in [0.4, 0.5) is 17.6 Å². The number of hydrogen-bond donors (Lipinski definition) is 1. The van der Waals surface area contributed by atoms with Crippen LogP contribution in [0.15, 0.2) is 52.1 Å². The van der Waals surface area contributed by atoms with Crippen LogP contribution in [0.2, 0.25) is 5.02 Å². The first-order valence-electron chi connectivity index (χ1n) is 10.6. The highest BCUT2D eigenvalue weighted by molar-refractivity contribution is 6.30. The molecule has 0 unspecified atom stereocenters. The van der Waals surface area contributed by atoms with Crippen LogP contribution in [0.25, 0.3) is 11.2 Å². The van der Waals surface area contributed by atoms with E-state index in [4.69, 9.17) is 21.4 Å². The SMILES string of the molecule is Cn1c(=O)n(CCCO)c(=O)c2c1nc(Oc1ccc(F)c(C(F)(F)F)c1)n2Cc1ccc(Cl)cc1. The Morgan fingerprint density at radius 2 is 1.78 bits per heavy atom. The molecule has 190 valence electrons. The van der Waals surface area contributed by atoms with Gasteiger partial charge in [0.2, 0.25) is 0 Å². The molecule has 13 heteroatoms. The summed E-state index contributed by atoms with van der Waals surface area (Å²) in [5.41, 5.74) is -2.39. The zero-order valence-electron chi connectivity index (χ0n) is 18.7. The smallest absolute Gasteiger partial charge is 0.419 e. The number of imidazole rings is 1. The Kier molecular flexibility index (Phi) is 6.92. The normalized spacial score (nSPS) is 11.9. The summed E-state index contributed by atoms with van der Waals surface area (Å²) in [5, 5.41) is 9.62. The van der Waals surface area contributed by atoms with Gasteiger partial charge in [-0.15, -0.1) is 0 Å². The number of aromatic nitrogens is 4. The predicted molar refractivity (Wildman–Crippen MR) is 123 cm³/mol. The van der Waals surface area contributed by atoms with Gasteiger partial charge < -0.3 is 9.84 Å². The number of hydrogen-bond acceptors (Lipinski definition) is 5. The molecule has 2 heterocycles. The molecule has 0 aliphatic carbocycles. The average molecular weight is 527 g/mol. The van der Waals surface area contributed by atoms with Crippen molar-refractivity contribution < 1.29 is 27.4 Å². The Morgan fingerprint density at radius 3 is 2.42 bits per heavy atom. The Bertz CT molecular complexity index is 1540. The van der Waals surface area contributed by atoms with Gasteiger partial charge in [-0.1, -0.05) is 23.7 Å². The van der Waals surface area contributed by atoms with Gasteiger partial charge in [-0.05, 0) is 42.3 Å². The zero-order chi connectivity index (χ0) is 26.2. The lowest BCUT2D eigenvalue weighted by Gasteiger charge is -2.13. The van der Waals surface area contributed by atoms with E-state index in [9.17, 15) is 27.2 Å². The highest BCUT2D eigenvalue weighted by Crippen LogP contribution is 2.35. The molecule has 4 rings (SSSR count). The standard InChI is InChI=1S/C23H19ClF4N4O4/c1-30-19-18(20(34)31(22(30)35)9-2-10-33)32(12-13-3-5-14(24)6-4-13)21(29-19)36-15-7-8-17(25)16(11-15)23(26,27)28/h3-8,11,33H,2,9-10,12H2,1H3. The number of benzene rings is 2. The number of aliphatic hydroxyl groups is 1. The number of rotatable bonds is 7. The van der Waals surface area contributed by atoms with Crippen LogP contribution >= 0.6 is 11.6 Å². The first-order chi connectivity index (χ1) is 17.0. The highest BCUT2D eigenvalue weighted by Gasteiger charge is 2.34. The number of aryl methyl sites for hydroxylation is 1. The third-order valence-corrected chi connectivity index (χ3v) is 5.70. The summed E-state index contributed by atoms with van der Waals surface area (Å²) in [7, 11) is 1.38. The third kappa shape index (κ3) is 4.86. The summed E-state index contributed by atoms with van der Waals surface area (Å²) in [6.07, 6.45) is -4.82. The molecule has 36 heavy (non-hydrogen) atoms. The highest BCUT2D eigenvalue weighted by atomic mass is 35.5. The van der Waals surface area contributed by atoms with Crippen molar-refractivity contribution in [2.45, 2.75) is 25.7 Å². The topological polar surface area (TPSA) is 91.3 Å². The first kappa shape index (κ1) is 25.5. The largest absolute Gasteiger partial charge is 0.425 e. The van der Waals surface area contributed by atoms with Crippen molar-refractivity contribution in [3.63, 3.8) is 0 Å². The molecule has 0 aliphatic heterocycles. The van der Waals surface area contributed by atoms with Gasteiger partial charge in [0.05, 0.1) is 12.1 Å². The van der Waals surface area contributed by atoms with Gasteiger partial charge in [0, 0.05) is 25.2 Å². The van der Waals surface area contributed by atoms with E-state index in [1.165, 1.54) is 11.6 Å². The molecule has 0 amide bonds. The number of nitrogens with zero attached hydrogens (tertiary/aromatic N) is 4. The Balaban J connectivity index is 1.92. The van der Waals surface area contributed by atoms with Crippen LogP contribution in [-0.2, 0) is 26.3 Å². The fourth-order valence-corrected chi connectivity index (χ4v) is 3.79. The number of fused-ring (bicyclic) bond motifs is 1. The fraction of sp³-hybridized carbons (Fsp3) is 0.261. The molecule has 0 atom stereocenters. The second kappa shape index (κ2) is 9.78. The summed E-state index contributed by atoms with van der Waals surface area (Å²) >= 11 is 5.95. The lowest BCUT2D eigenvalue weighted by Crippen LogP contribution is -2.39. The maximum Gasteiger partial charge on any atom is 0.419 e. The number of halogens is 5. The van der Waals surface area contributed by atoms with Crippen LogP contribution in [0.3, 0.4) is 0 Å². The van der Waals surface area contributed by atoms with E-state index in [1.54, 1.807) is 24.3 Å². The molecule has 0 fully saturated rings. The van der Waals surface area contributed by atoms with Crippen LogP contribution in [0, 0.1) is 5.82 Å². The monoisotopic (exact) mass is 526 g/mol. The summed E-state index contributed by atoms with van der Waals surface area (Å²) in [4.78, 5) is 30.3. The van der Waals surface area contributed by atoms with E-state index < -0.39 is 28.8 Å². The van der Waals surface area contributed by atoms with Gasteiger partial charge in [0.1, 0.15) is 11.6 Å². The van der Waals surface area contributed by atoms with Crippen molar-refractivity contribution in [2.24, 2.45) is 7.05 Å². The van der Waals surface area contributed by atoms with Crippen molar-refractivity contribution in [1.82, 2.24) is 18.7 Å². The van der Waals surface area contributed by atoms with E-state index >= 15 is 0 Å². The van der Waals surface area contributed by atoms with Crippen LogP contribution < -0.4 is 16.0 Å². The van der Waals surface area contributed by atoms with E-state index in [1.807, 2.05) is 0 Å². The molecule has 8 nitrogen and oxygen atoms in total. The van der Waals surface area contributed by atoms with Crippen molar-refractivity contribution >= 4 is 22.8 Å². The summed E-state index contributed by atoms with van der Waals surface area (Å²) in [5.74, 6) is -1.85. The first-order valence-corrected chi connectivity index (χ1v) is 11.0. The average Bonchev–Trinajstić information content (AvgIpc) is 3.17. The lowest BCUT2D eigenvalue weighted by molar-refractivity contribution is -0.140. The van der Waals surface area contributed by atoms with E-state index in [0.717, 1.165) is 15.2 Å². The third-order valence-electron chi connectivity index (χ3n) is 5.44. The Morgan fingerprint density at radius 1 is 1.08 bits per heavy atom.